The van der Waals surface area contributed by atoms with Gasteiger partial charge in [0, 0.05) is 6.20 Å². The third kappa shape index (κ3) is 3.30. The maximum atomic E-state index is 12.2. The summed E-state index contributed by atoms with van der Waals surface area (Å²) >= 11 is 11.8. The van der Waals surface area contributed by atoms with Crippen LogP contribution in [-0.2, 0) is 0 Å². The van der Waals surface area contributed by atoms with E-state index in [0.29, 0.717) is 5.56 Å². The molecule has 5 heteroatoms. The molecule has 1 aromatic carbocycles. The third-order valence-electron chi connectivity index (χ3n) is 3.07. The van der Waals surface area contributed by atoms with Crippen molar-refractivity contribution in [1.82, 2.24) is 10.3 Å². The molecule has 0 aliphatic rings. The van der Waals surface area contributed by atoms with Crippen molar-refractivity contribution in [2.45, 2.75) is 19.9 Å². The standard InChI is InChI=1S/C15H14Cl2N2O/c1-9-5-3-4-6-11(9)10(2)19-15(20)12-7-14(17)18-8-13(12)16/h3-8,10H,1-2H3,(H,19,20). The molecule has 0 saturated heterocycles. The van der Waals surface area contributed by atoms with E-state index < -0.39 is 0 Å². The lowest BCUT2D eigenvalue weighted by molar-refractivity contribution is 0.0940. The number of hydrogen-bond acceptors (Lipinski definition) is 2. The zero-order valence-electron chi connectivity index (χ0n) is 11.2. The molecule has 0 bridgehead atoms. The van der Waals surface area contributed by atoms with Gasteiger partial charge in [-0.15, -0.1) is 0 Å². The van der Waals surface area contributed by atoms with Crippen LogP contribution in [-0.4, -0.2) is 10.9 Å². The number of amides is 1. The minimum atomic E-state index is -0.268. The summed E-state index contributed by atoms with van der Waals surface area (Å²) in [7, 11) is 0. The molecule has 1 unspecified atom stereocenters. The monoisotopic (exact) mass is 308 g/mol. The largest absolute Gasteiger partial charge is 0.345 e. The highest BCUT2D eigenvalue weighted by molar-refractivity contribution is 6.35. The molecule has 0 fully saturated rings. The van der Waals surface area contributed by atoms with Gasteiger partial charge in [-0.3, -0.25) is 4.79 Å². The van der Waals surface area contributed by atoms with Crippen LogP contribution in [0.15, 0.2) is 36.5 Å². The first-order chi connectivity index (χ1) is 9.49. The van der Waals surface area contributed by atoms with E-state index in [9.17, 15) is 4.79 Å². The number of aromatic nitrogens is 1. The number of rotatable bonds is 3. The Balaban J connectivity index is 2.20. The van der Waals surface area contributed by atoms with E-state index in [-0.39, 0.29) is 22.1 Å². The molecule has 1 heterocycles. The first-order valence-corrected chi connectivity index (χ1v) is 6.92. The van der Waals surface area contributed by atoms with Crippen molar-refractivity contribution in [1.29, 1.82) is 0 Å². The van der Waals surface area contributed by atoms with Gasteiger partial charge in [-0.2, -0.15) is 0 Å². The second-order valence-electron chi connectivity index (χ2n) is 4.54. The van der Waals surface area contributed by atoms with Crippen LogP contribution in [0.3, 0.4) is 0 Å². The molecule has 1 amide bonds. The zero-order valence-corrected chi connectivity index (χ0v) is 12.7. The van der Waals surface area contributed by atoms with E-state index in [1.165, 1.54) is 12.3 Å². The number of nitrogens with one attached hydrogen (secondary N) is 1. The minimum Gasteiger partial charge on any atom is -0.345 e. The lowest BCUT2D eigenvalue weighted by Gasteiger charge is -2.17. The molecular weight excluding hydrogens is 295 g/mol. The number of aryl methyl sites for hydroxylation is 1. The van der Waals surface area contributed by atoms with Crippen molar-refractivity contribution < 1.29 is 4.79 Å². The van der Waals surface area contributed by atoms with Gasteiger partial charge < -0.3 is 5.32 Å². The number of halogens is 2. The fourth-order valence-electron chi connectivity index (χ4n) is 2.01. The molecule has 1 atom stereocenters. The molecule has 0 saturated carbocycles. The summed E-state index contributed by atoms with van der Waals surface area (Å²) in [4.78, 5) is 16.1. The molecular formula is C15H14Cl2N2O. The number of carbonyl (C=O) groups excluding carboxylic acids is 1. The van der Waals surface area contributed by atoms with Crippen LogP contribution in [0, 0.1) is 6.92 Å². The van der Waals surface area contributed by atoms with Gasteiger partial charge in [0.25, 0.3) is 5.91 Å². The lowest BCUT2D eigenvalue weighted by Crippen LogP contribution is -2.27. The molecule has 2 aromatic rings. The molecule has 0 radical (unpaired) electrons. The topological polar surface area (TPSA) is 42.0 Å². The Morgan fingerprint density at radius 3 is 2.70 bits per heavy atom. The van der Waals surface area contributed by atoms with Crippen molar-refractivity contribution in [2.75, 3.05) is 0 Å². The molecule has 20 heavy (non-hydrogen) atoms. The lowest BCUT2D eigenvalue weighted by atomic mass is 10.0. The average Bonchev–Trinajstić information content (AvgIpc) is 2.41. The molecule has 104 valence electrons. The van der Waals surface area contributed by atoms with Gasteiger partial charge in [0.15, 0.2) is 0 Å². The summed E-state index contributed by atoms with van der Waals surface area (Å²) in [5, 5.41) is 3.43. The molecule has 1 aromatic heterocycles. The Morgan fingerprint density at radius 1 is 1.30 bits per heavy atom. The Hall–Kier alpha value is -1.58. The summed E-state index contributed by atoms with van der Waals surface area (Å²) in [6.45, 7) is 3.94. The van der Waals surface area contributed by atoms with Crippen LogP contribution in [0.25, 0.3) is 0 Å². The van der Waals surface area contributed by atoms with E-state index in [2.05, 4.69) is 10.3 Å². The molecule has 1 N–H and O–H groups in total. The van der Waals surface area contributed by atoms with Gasteiger partial charge in [0.1, 0.15) is 5.15 Å². The average molecular weight is 309 g/mol. The van der Waals surface area contributed by atoms with Crippen molar-refractivity contribution in [3.8, 4) is 0 Å². The summed E-state index contributed by atoms with van der Waals surface area (Å²) < 4.78 is 0. The number of nitrogens with zero attached hydrogens (tertiary/aromatic N) is 1. The van der Waals surface area contributed by atoms with Gasteiger partial charge in [0.2, 0.25) is 0 Å². The SMILES string of the molecule is Cc1ccccc1C(C)NC(=O)c1cc(Cl)ncc1Cl. The van der Waals surface area contributed by atoms with Gasteiger partial charge in [-0.25, -0.2) is 4.98 Å². The Morgan fingerprint density at radius 2 is 2.00 bits per heavy atom. The van der Waals surface area contributed by atoms with E-state index in [0.717, 1.165) is 11.1 Å². The van der Waals surface area contributed by atoms with Crippen LogP contribution < -0.4 is 5.32 Å². The van der Waals surface area contributed by atoms with Gasteiger partial charge in [-0.05, 0) is 31.0 Å². The highest BCUT2D eigenvalue weighted by Gasteiger charge is 2.16. The first kappa shape index (κ1) is 14.8. The summed E-state index contributed by atoms with van der Waals surface area (Å²) in [5.41, 5.74) is 2.52. The normalized spacial score (nSPS) is 12.0. The van der Waals surface area contributed by atoms with Gasteiger partial charge >= 0.3 is 0 Å². The second kappa shape index (κ2) is 6.25. The molecule has 0 spiro atoms. The molecule has 3 nitrogen and oxygen atoms in total. The van der Waals surface area contributed by atoms with E-state index in [1.54, 1.807) is 0 Å². The van der Waals surface area contributed by atoms with Gasteiger partial charge in [0.05, 0.1) is 16.6 Å². The van der Waals surface area contributed by atoms with Crippen LogP contribution in [0.4, 0.5) is 0 Å². The van der Waals surface area contributed by atoms with E-state index in [1.807, 2.05) is 38.1 Å². The molecule has 0 aliphatic carbocycles. The van der Waals surface area contributed by atoms with Crippen LogP contribution in [0.1, 0.15) is 34.5 Å². The smallest absolute Gasteiger partial charge is 0.253 e. The summed E-state index contributed by atoms with van der Waals surface area (Å²) in [6, 6.07) is 9.25. The number of hydrogen-bond donors (Lipinski definition) is 1. The predicted molar refractivity (Wildman–Crippen MR) is 81.3 cm³/mol. The van der Waals surface area contributed by atoms with Gasteiger partial charge in [-0.1, -0.05) is 47.5 Å². The van der Waals surface area contributed by atoms with Crippen molar-refractivity contribution in [3.63, 3.8) is 0 Å². The maximum Gasteiger partial charge on any atom is 0.253 e. The van der Waals surface area contributed by atoms with Crippen LogP contribution in [0.2, 0.25) is 10.2 Å². The Labute approximate surface area is 127 Å². The van der Waals surface area contributed by atoms with Crippen LogP contribution >= 0.6 is 23.2 Å². The van der Waals surface area contributed by atoms with Crippen LogP contribution in [0.5, 0.6) is 0 Å². The Kier molecular flexibility index (Phi) is 4.63. The summed E-state index contributed by atoms with van der Waals surface area (Å²) in [6.07, 6.45) is 1.37. The fraction of sp³-hybridized carbons (Fsp3) is 0.200. The van der Waals surface area contributed by atoms with Crippen molar-refractivity contribution in [3.05, 3.63) is 63.4 Å². The van der Waals surface area contributed by atoms with Crippen molar-refractivity contribution in [2.24, 2.45) is 0 Å². The highest BCUT2D eigenvalue weighted by Crippen LogP contribution is 2.21. The first-order valence-electron chi connectivity index (χ1n) is 6.16. The maximum absolute atomic E-state index is 12.2. The zero-order chi connectivity index (χ0) is 14.7. The highest BCUT2D eigenvalue weighted by atomic mass is 35.5. The summed E-state index contributed by atoms with van der Waals surface area (Å²) in [5.74, 6) is -0.268. The molecule has 2 rings (SSSR count). The fourth-order valence-corrected chi connectivity index (χ4v) is 2.36. The predicted octanol–water partition coefficient (Wildman–Crippen LogP) is 4.19. The number of carbonyl (C=O) groups is 1. The second-order valence-corrected chi connectivity index (χ2v) is 5.33. The van der Waals surface area contributed by atoms with Crippen molar-refractivity contribution >= 4 is 29.1 Å². The van der Waals surface area contributed by atoms with E-state index in [4.69, 9.17) is 23.2 Å². The number of pyridine rings is 1. The third-order valence-corrected chi connectivity index (χ3v) is 3.58. The Bertz CT molecular complexity index is 644. The molecule has 0 aliphatic heterocycles. The van der Waals surface area contributed by atoms with E-state index >= 15 is 0 Å². The quantitative estimate of drug-likeness (QED) is 0.864. The number of benzene rings is 1. The minimum absolute atomic E-state index is 0.119.